The third kappa shape index (κ3) is 4.67. The number of furan rings is 1. The molecule has 12 aromatic rings. The zero-order valence-electron chi connectivity index (χ0n) is 34.2. The fraction of sp³-hybridized carbons (Fsp3) is 0.0164. The van der Waals surface area contributed by atoms with Crippen molar-refractivity contribution in [3.05, 3.63) is 247 Å². The summed E-state index contributed by atoms with van der Waals surface area (Å²) in [7, 11) is 0. The largest absolute Gasteiger partial charge is 0.455 e. The zero-order chi connectivity index (χ0) is 41.2. The molecule has 2 aromatic heterocycles. The highest BCUT2D eigenvalue weighted by molar-refractivity contribution is 6.14. The van der Waals surface area contributed by atoms with Crippen LogP contribution < -0.4 is 0 Å². The van der Waals surface area contributed by atoms with Crippen molar-refractivity contribution in [3.63, 3.8) is 0 Å². The maximum absolute atomic E-state index is 6.93. The second-order valence-electron chi connectivity index (χ2n) is 17.1. The molecule has 0 atom stereocenters. The number of nitrogens with zero attached hydrogens (tertiary/aromatic N) is 1. The molecule has 0 amide bonds. The Bertz CT molecular complexity index is 3800. The van der Waals surface area contributed by atoms with Crippen molar-refractivity contribution < 1.29 is 4.42 Å². The Hall–Kier alpha value is -8.20. The highest BCUT2D eigenvalue weighted by Crippen LogP contribution is 2.64. The molecule has 0 unspecified atom stereocenters. The van der Waals surface area contributed by atoms with Gasteiger partial charge in [0.1, 0.15) is 11.2 Å². The molecule has 14 rings (SSSR count). The number of rotatable bonds is 4. The van der Waals surface area contributed by atoms with Gasteiger partial charge in [0.15, 0.2) is 0 Å². The standard InChI is InChI=1S/C61H37NO/c1-3-16-38(17-4-1)40-30-32-57-49(34-40)46-22-10-14-29-56(46)62(57)42-36-48(39-18-5-2-6-19-39)60-51(37-42)50-35-41(31-33-58(50)63-60)43-24-15-28-55-59(43)47-23-9-13-27-54(47)61(55)52-25-11-7-20-44(52)45-21-8-12-26-53(45)61/h1-37H. The van der Waals surface area contributed by atoms with Gasteiger partial charge in [-0.15, -0.1) is 0 Å². The molecular formula is C61H37NO. The van der Waals surface area contributed by atoms with Gasteiger partial charge in [0.05, 0.1) is 16.4 Å². The first kappa shape index (κ1) is 34.5. The molecule has 0 fully saturated rings. The number of benzene rings is 10. The number of aromatic nitrogens is 1. The van der Waals surface area contributed by atoms with E-state index in [1.54, 1.807) is 0 Å². The lowest BCUT2D eigenvalue weighted by molar-refractivity contribution is 0.670. The van der Waals surface area contributed by atoms with E-state index in [0.717, 1.165) is 38.8 Å². The van der Waals surface area contributed by atoms with Gasteiger partial charge in [-0.3, -0.25) is 0 Å². The van der Waals surface area contributed by atoms with Gasteiger partial charge in [-0.25, -0.2) is 0 Å². The summed E-state index contributed by atoms with van der Waals surface area (Å²) in [5.41, 5.74) is 22.5. The van der Waals surface area contributed by atoms with Gasteiger partial charge in [0.2, 0.25) is 0 Å². The SMILES string of the molecule is c1ccc(-c2ccc3c(c2)c2ccccc2n3-c2cc(-c3ccccc3)c3oc4ccc(-c5cccc6c5-c5ccccc5C65c6ccccc6-c6ccccc65)cc4c3c2)cc1. The summed E-state index contributed by atoms with van der Waals surface area (Å²) in [5.74, 6) is 0. The molecule has 292 valence electrons. The van der Waals surface area contributed by atoms with Crippen LogP contribution >= 0.6 is 0 Å². The number of para-hydroxylation sites is 1. The minimum absolute atomic E-state index is 0.398. The quantitative estimate of drug-likeness (QED) is 0.173. The number of hydrogen-bond acceptors (Lipinski definition) is 1. The first-order chi connectivity index (χ1) is 31.3. The minimum Gasteiger partial charge on any atom is -0.455 e. The van der Waals surface area contributed by atoms with Crippen molar-refractivity contribution in [2.45, 2.75) is 5.41 Å². The summed E-state index contributed by atoms with van der Waals surface area (Å²) in [6, 6.07) is 82.6. The maximum atomic E-state index is 6.93. The molecule has 2 heterocycles. The zero-order valence-corrected chi connectivity index (χ0v) is 34.2. The van der Waals surface area contributed by atoms with E-state index in [-0.39, 0.29) is 0 Å². The molecule has 2 aliphatic rings. The predicted molar refractivity (Wildman–Crippen MR) is 261 cm³/mol. The van der Waals surface area contributed by atoms with Crippen LogP contribution in [0.4, 0.5) is 0 Å². The molecule has 63 heavy (non-hydrogen) atoms. The Labute approximate surface area is 364 Å². The fourth-order valence-corrected chi connectivity index (χ4v) is 11.4. The van der Waals surface area contributed by atoms with E-state index in [0.29, 0.717) is 0 Å². The van der Waals surface area contributed by atoms with E-state index in [4.69, 9.17) is 4.42 Å². The van der Waals surface area contributed by atoms with Crippen LogP contribution in [-0.2, 0) is 5.41 Å². The maximum Gasteiger partial charge on any atom is 0.143 e. The average Bonchev–Trinajstić information content (AvgIpc) is 4.08. The van der Waals surface area contributed by atoms with Gasteiger partial charge in [0, 0.05) is 32.8 Å². The molecular weight excluding hydrogens is 763 g/mol. The van der Waals surface area contributed by atoms with Gasteiger partial charge in [-0.2, -0.15) is 0 Å². The normalized spacial score (nSPS) is 13.2. The van der Waals surface area contributed by atoms with Crippen LogP contribution in [0.5, 0.6) is 0 Å². The van der Waals surface area contributed by atoms with Crippen LogP contribution in [0.2, 0.25) is 0 Å². The first-order valence-corrected chi connectivity index (χ1v) is 21.8. The van der Waals surface area contributed by atoms with Crippen LogP contribution in [0.3, 0.4) is 0 Å². The van der Waals surface area contributed by atoms with Crippen molar-refractivity contribution in [2.24, 2.45) is 0 Å². The van der Waals surface area contributed by atoms with E-state index in [2.05, 4.69) is 229 Å². The van der Waals surface area contributed by atoms with Crippen molar-refractivity contribution in [2.75, 3.05) is 0 Å². The molecule has 0 bridgehead atoms. The molecule has 0 radical (unpaired) electrons. The van der Waals surface area contributed by atoms with Crippen LogP contribution in [0.15, 0.2) is 229 Å². The van der Waals surface area contributed by atoms with E-state index < -0.39 is 5.41 Å². The lowest BCUT2D eigenvalue weighted by Crippen LogP contribution is -2.25. The smallest absolute Gasteiger partial charge is 0.143 e. The molecule has 1 spiro atoms. The summed E-state index contributed by atoms with van der Waals surface area (Å²) in [6.45, 7) is 0. The molecule has 0 N–H and O–H groups in total. The monoisotopic (exact) mass is 799 g/mol. The summed E-state index contributed by atoms with van der Waals surface area (Å²) >= 11 is 0. The molecule has 0 saturated carbocycles. The van der Waals surface area contributed by atoms with Crippen molar-refractivity contribution in [1.82, 2.24) is 4.57 Å². The third-order valence-electron chi connectivity index (χ3n) is 14.0. The Morgan fingerprint density at radius 1 is 0.317 bits per heavy atom. The van der Waals surface area contributed by atoms with Gasteiger partial charge in [-0.05, 0) is 115 Å². The molecule has 2 aliphatic carbocycles. The summed E-state index contributed by atoms with van der Waals surface area (Å²) < 4.78 is 9.37. The molecule has 0 aliphatic heterocycles. The van der Waals surface area contributed by atoms with E-state index in [9.17, 15) is 0 Å². The fourth-order valence-electron chi connectivity index (χ4n) is 11.4. The van der Waals surface area contributed by atoms with Crippen LogP contribution in [0.1, 0.15) is 22.3 Å². The third-order valence-corrected chi connectivity index (χ3v) is 14.0. The summed E-state index contributed by atoms with van der Waals surface area (Å²) in [5, 5.41) is 4.66. The second kappa shape index (κ2) is 12.9. The van der Waals surface area contributed by atoms with Crippen LogP contribution in [0.25, 0.3) is 105 Å². The lowest BCUT2D eigenvalue weighted by Gasteiger charge is -2.30. The highest BCUT2D eigenvalue weighted by atomic mass is 16.3. The highest BCUT2D eigenvalue weighted by Gasteiger charge is 2.52. The molecule has 2 heteroatoms. The number of hydrogen-bond donors (Lipinski definition) is 0. The predicted octanol–water partition coefficient (Wildman–Crippen LogP) is 16.0. The summed E-state index contributed by atoms with van der Waals surface area (Å²) in [4.78, 5) is 0. The topological polar surface area (TPSA) is 18.1 Å². The number of fused-ring (bicyclic) bond motifs is 16. The van der Waals surface area contributed by atoms with Gasteiger partial charge in [0.25, 0.3) is 0 Å². The van der Waals surface area contributed by atoms with Crippen molar-refractivity contribution in [1.29, 1.82) is 0 Å². The van der Waals surface area contributed by atoms with Crippen molar-refractivity contribution >= 4 is 43.7 Å². The molecule has 10 aromatic carbocycles. The van der Waals surface area contributed by atoms with Gasteiger partial charge >= 0.3 is 0 Å². The Morgan fingerprint density at radius 2 is 0.889 bits per heavy atom. The Kier molecular flexibility index (Phi) is 7.07. The molecule has 0 saturated heterocycles. The van der Waals surface area contributed by atoms with Gasteiger partial charge in [-0.1, -0.05) is 182 Å². The average molecular weight is 800 g/mol. The van der Waals surface area contributed by atoms with Crippen molar-refractivity contribution in [3.8, 4) is 61.3 Å². The van der Waals surface area contributed by atoms with E-state index in [1.165, 1.54) is 88.6 Å². The summed E-state index contributed by atoms with van der Waals surface area (Å²) in [6.07, 6.45) is 0. The molecule has 2 nitrogen and oxygen atoms in total. The Morgan fingerprint density at radius 3 is 1.65 bits per heavy atom. The second-order valence-corrected chi connectivity index (χ2v) is 17.1. The van der Waals surface area contributed by atoms with Crippen LogP contribution in [-0.4, -0.2) is 4.57 Å². The lowest BCUT2D eigenvalue weighted by atomic mass is 9.70. The Balaban J connectivity index is 1.02. The van der Waals surface area contributed by atoms with E-state index >= 15 is 0 Å². The van der Waals surface area contributed by atoms with Gasteiger partial charge < -0.3 is 8.98 Å². The minimum atomic E-state index is -0.398. The van der Waals surface area contributed by atoms with Crippen LogP contribution in [0, 0.1) is 0 Å². The first-order valence-electron chi connectivity index (χ1n) is 21.8. The van der Waals surface area contributed by atoms with E-state index in [1.807, 2.05) is 0 Å².